The molecule has 1 heterocycles. The van der Waals surface area contributed by atoms with E-state index in [4.69, 9.17) is 0 Å². The third-order valence-electron chi connectivity index (χ3n) is 4.67. The van der Waals surface area contributed by atoms with E-state index in [9.17, 15) is 4.79 Å². The van der Waals surface area contributed by atoms with E-state index in [0.29, 0.717) is 6.04 Å². The SMILES string of the molecule is O=C(c1ccc(Br)cc1Br)N1CCCC1C1CCCC1. The van der Waals surface area contributed by atoms with E-state index in [1.807, 2.05) is 18.2 Å². The predicted octanol–water partition coefficient (Wildman–Crippen LogP) is 5.01. The lowest BCUT2D eigenvalue weighted by Crippen LogP contribution is -2.39. The molecule has 3 rings (SSSR count). The van der Waals surface area contributed by atoms with Gasteiger partial charge < -0.3 is 4.90 Å². The van der Waals surface area contributed by atoms with Gasteiger partial charge in [-0.2, -0.15) is 0 Å². The highest BCUT2D eigenvalue weighted by atomic mass is 79.9. The molecule has 1 aliphatic carbocycles. The monoisotopic (exact) mass is 399 g/mol. The number of carbonyl (C=O) groups excluding carboxylic acids is 1. The summed E-state index contributed by atoms with van der Waals surface area (Å²) in [6.07, 6.45) is 7.62. The fourth-order valence-electron chi connectivity index (χ4n) is 3.69. The second kappa shape index (κ2) is 6.18. The lowest BCUT2D eigenvalue weighted by atomic mass is 9.95. The van der Waals surface area contributed by atoms with Crippen molar-refractivity contribution in [3.8, 4) is 0 Å². The van der Waals surface area contributed by atoms with Crippen LogP contribution in [0.2, 0.25) is 0 Å². The van der Waals surface area contributed by atoms with Crippen molar-refractivity contribution in [2.75, 3.05) is 6.54 Å². The fraction of sp³-hybridized carbons (Fsp3) is 0.562. The van der Waals surface area contributed by atoms with Crippen LogP contribution in [0, 0.1) is 5.92 Å². The van der Waals surface area contributed by atoms with Crippen molar-refractivity contribution >= 4 is 37.8 Å². The number of rotatable bonds is 2. The van der Waals surface area contributed by atoms with Crippen LogP contribution in [-0.4, -0.2) is 23.4 Å². The van der Waals surface area contributed by atoms with Crippen molar-refractivity contribution in [2.45, 2.75) is 44.6 Å². The molecule has 1 aromatic carbocycles. The average molecular weight is 401 g/mol. The minimum atomic E-state index is 0.193. The van der Waals surface area contributed by atoms with Gasteiger partial charge in [-0.1, -0.05) is 28.8 Å². The van der Waals surface area contributed by atoms with Crippen LogP contribution in [0.4, 0.5) is 0 Å². The van der Waals surface area contributed by atoms with E-state index in [2.05, 4.69) is 36.8 Å². The Morgan fingerprint density at radius 1 is 1.10 bits per heavy atom. The molecule has 1 saturated heterocycles. The summed E-state index contributed by atoms with van der Waals surface area (Å²) in [5, 5.41) is 0. The first-order valence-electron chi connectivity index (χ1n) is 7.43. The molecule has 108 valence electrons. The quantitative estimate of drug-likeness (QED) is 0.683. The van der Waals surface area contributed by atoms with E-state index >= 15 is 0 Å². The van der Waals surface area contributed by atoms with Gasteiger partial charge >= 0.3 is 0 Å². The van der Waals surface area contributed by atoms with Crippen molar-refractivity contribution in [2.24, 2.45) is 5.92 Å². The Morgan fingerprint density at radius 2 is 1.85 bits per heavy atom. The molecular formula is C16H19Br2NO. The molecule has 1 aromatic rings. The maximum Gasteiger partial charge on any atom is 0.255 e. The number of benzene rings is 1. The van der Waals surface area contributed by atoms with Crippen molar-refractivity contribution in [3.63, 3.8) is 0 Å². The highest BCUT2D eigenvalue weighted by Gasteiger charge is 2.36. The van der Waals surface area contributed by atoms with Gasteiger partial charge in [-0.3, -0.25) is 4.79 Å². The van der Waals surface area contributed by atoms with Gasteiger partial charge in [0.05, 0.1) is 5.56 Å². The molecule has 2 nitrogen and oxygen atoms in total. The van der Waals surface area contributed by atoms with E-state index in [1.165, 1.54) is 32.1 Å². The number of hydrogen-bond acceptors (Lipinski definition) is 1. The van der Waals surface area contributed by atoms with Crippen molar-refractivity contribution in [1.29, 1.82) is 0 Å². The van der Waals surface area contributed by atoms with Gasteiger partial charge in [-0.25, -0.2) is 0 Å². The molecule has 1 atom stereocenters. The topological polar surface area (TPSA) is 20.3 Å². The van der Waals surface area contributed by atoms with Gasteiger partial charge in [0.1, 0.15) is 0 Å². The first-order valence-corrected chi connectivity index (χ1v) is 9.01. The molecule has 1 saturated carbocycles. The van der Waals surface area contributed by atoms with Crippen LogP contribution in [0.1, 0.15) is 48.9 Å². The summed E-state index contributed by atoms with van der Waals surface area (Å²) in [5.41, 5.74) is 0.790. The minimum absolute atomic E-state index is 0.193. The molecule has 4 heteroatoms. The summed E-state index contributed by atoms with van der Waals surface area (Å²) in [7, 11) is 0. The van der Waals surface area contributed by atoms with Crippen molar-refractivity contribution < 1.29 is 4.79 Å². The van der Waals surface area contributed by atoms with Crippen molar-refractivity contribution in [1.82, 2.24) is 4.90 Å². The van der Waals surface area contributed by atoms with E-state index in [-0.39, 0.29) is 5.91 Å². The highest BCUT2D eigenvalue weighted by Crippen LogP contribution is 2.36. The van der Waals surface area contributed by atoms with Gasteiger partial charge in [-0.05, 0) is 65.7 Å². The average Bonchev–Trinajstić information content (AvgIpc) is 3.09. The van der Waals surface area contributed by atoms with Crippen LogP contribution >= 0.6 is 31.9 Å². The lowest BCUT2D eigenvalue weighted by Gasteiger charge is -2.29. The predicted molar refractivity (Wildman–Crippen MR) is 87.9 cm³/mol. The van der Waals surface area contributed by atoms with E-state index < -0.39 is 0 Å². The van der Waals surface area contributed by atoms with E-state index in [0.717, 1.165) is 33.4 Å². The van der Waals surface area contributed by atoms with E-state index in [1.54, 1.807) is 0 Å². The number of carbonyl (C=O) groups is 1. The summed E-state index contributed by atoms with van der Waals surface area (Å²) >= 11 is 6.96. The Hall–Kier alpha value is -0.350. The molecule has 0 spiro atoms. The number of amides is 1. The number of halogens is 2. The Morgan fingerprint density at radius 3 is 2.55 bits per heavy atom. The molecule has 0 bridgehead atoms. The maximum atomic E-state index is 12.8. The molecule has 2 aliphatic rings. The summed E-state index contributed by atoms with van der Waals surface area (Å²) in [6, 6.07) is 6.29. The van der Waals surface area contributed by atoms with Crippen molar-refractivity contribution in [3.05, 3.63) is 32.7 Å². The standard InChI is InChI=1S/C16H19Br2NO/c17-12-7-8-13(14(18)10-12)16(20)19-9-3-6-15(19)11-4-1-2-5-11/h7-8,10-11,15H,1-6,9H2. The zero-order valence-corrected chi connectivity index (χ0v) is 14.6. The molecule has 20 heavy (non-hydrogen) atoms. The minimum Gasteiger partial charge on any atom is -0.335 e. The molecule has 0 radical (unpaired) electrons. The van der Waals surface area contributed by atoms with Crippen LogP contribution in [0.3, 0.4) is 0 Å². The zero-order chi connectivity index (χ0) is 14.1. The number of hydrogen-bond donors (Lipinski definition) is 0. The van der Waals surface area contributed by atoms with Gasteiger partial charge in [0, 0.05) is 21.5 Å². The van der Waals surface area contributed by atoms with Gasteiger partial charge in [0.25, 0.3) is 5.91 Å². The highest BCUT2D eigenvalue weighted by molar-refractivity contribution is 9.11. The smallest absolute Gasteiger partial charge is 0.255 e. The molecule has 1 aliphatic heterocycles. The summed E-state index contributed by atoms with van der Waals surface area (Å²) in [6.45, 7) is 0.919. The molecule has 1 amide bonds. The number of likely N-dealkylation sites (tertiary alicyclic amines) is 1. The first-order chi connectivity index (χ1) is 9.66. The Kier molecular flexibility index (Phi) is 4.51. The third-order valence-corrected chi connectivity index (χ3v) is 5.81. The Labute approximate surface area is 137 Å². The molecule has 0 N–H and O–H groups in total. The zero-order valence-electron chi connectivity index (χ0n) is 11.4. The van der Waals surface area contributed by atoms with Crippen LogP contribution in [0.5, 0.6) is 0 Å². The second-order valence-corrected chi connectivity index (χ2v) is 7.65. The fourth-order valence-corrected chi connectivity index (χ4v) is 4.91. The molecular weight excluding hydrogens is 382 g/mol. The Balaban J connectivity index is 1.81. The van der Waals surface area contributed by atoms with Crippen LogP contribution in [0.25, 0.3) is 0 Å². The van der Waals surface area contributed by atoms with Gasteiger partial charge in [-0.15, -0.1) is 0 Å². The Bertz CT molecular complexity index is 511. The molecule has 0 aromatic heterocycles. The lowest BCUT2D eigenvalue weighted by molar-refractivity contribution is 0.0688. The molecule has 2 fully saturated rings. The molecule has 1 unspecified atom stereocenters. The summed E-state index contributed by atoms with van der Waals surface area (Å²) in [4.78, 5) is 15.0. The summed E-state index contributed by atoms with van der Waals surface area (Å²) in [5.74, 6) is 0.925. The third kappa shape index (κ3) is 2.82. The largest absolute Gasteiger partial charge is 0.335 e. The number of nitrogens with zero attached hydrogens (tertiary/aromatic N) is 1. The van der Waals surface area contributed by atoms with Crippen LogP contribution in [-0.2, 0) is 0 Å². The maximum absolute atomic E-state index is 12.8. The normalized spacial score (nSPS) is 23.5. The first kappa shape index (κ1) is 14.6. The van der Waals surface area contributed by atoms with Gasteiger partial charge in [0.2, 0.25) is 0 Å². The second-order valence-electron chi connectivity index (χ2n) is 5.88. The van der Waals surface area contributed by atoms with Crippen LogP contribution in [0.15, 0.2) is 27.1 Å². The van der Waals surface area contributed by atoms with Crippen LogP contribution < -0.4 is 0 Å². The van der Waals surface area contributed by atoms with Gasteiger partial charge in [0.15, 0.2) is 0 Å². The summed E-state index contributed by atoms with van der Waals surface area (Å²) < 4.78 is 1.88.